The molecule has 0 aliphatic carbocycles. The van der Waals surface area contributed by atoms with Crippen molar-refractivity contribution in [3.8, 4) is 0 Å². The summed E-state index contributed by atoms with van der Waals surface area (Å²) in [6, 6.07) is 21.5. The van der Waals surface area contributed by atoms with Crippen LogP contribution in [0, 0.1) is 3.57 Å². The van der Waals surface area contributed by atoms with Gasteiger partial charge in [-0.05, 0) is 84.0 Å². The Labute approximate surface area is 194 Å². The number of anilines is 2. The van der Waals surface area contributed by atoms with Crippen LogP contribution in [-0.4, -0.2) is 5.91 Å². The van der Waals surface area contributed by atoms with Crippen molar-refractivity contribution < 1.29 is 4.79 Å². The summed E-state index contributed by atoms with van der Waals surface area (Å²) in [5.74, 6) is -0.159. The van der Waals surface area contributed by atoms with E-state index in [1.807, 2.05) is 62.4 Å². The third-order valence-electron chi connectivity index (χ3n) is 4.99. The molecule has 0 radical (unpaired) electrons. The summed E-state index contributed by atoms with van der Waals surface area (Å²) < 4.78 is 1.08. The highest BCUT2D eigenvalue weighted by atomic mass is 127. The van der Waals surface area contributed by atoms with Gasteiger partial charge >= 0.3 is 0 Å². The minimum absolute atomic E-state index is 0.159. The van der Waals surface area contributed by atoms with Crippen LogP contribution >= 0.6 is 34.2 Å². The number of carbonyl (C=O) groups is 1. The van der Waals surface area contributed by atoms with E-state index in [1.54, 1.807) is 12.1 Å². The standard InChI is InChI=1S/C24H21ClIN3O/c1-24(2,27)15-6-9-18(10-7-15)28-22(14-4-3-5-17(26)12-14)21-19-11-8-16(25)13-20(19)29-23(21)30/h3-13,28H,27H2,1-2H3,(H,29,30)/b22-21-. The maximum absolute atomic E-state index is 12.9. The second-order valence-electron chi connectivity index (χ2n) is 7.83. The molecular formula is C24H21ClIN3O. The van der Waals surface area contributed by atoms with Crippen molar-refractivity contribution in [2.24, 2.45) is 5.73 Å². The number of carbonyl (C=O) groups excluding carboxylic acids is 1. The van der Waals surface area contributed by atoms with Crippen LogP contribution in [-0.2, 0) is 10.3 Å². The average molecular weight is 530 g/mol. The van der Waals surface area contributed by atoms with Gasteiger partial charge in [-0.15, -0.1) is 0 Å². The van der Waals surface area contributed by atoms with Gasteiger partial charge in [0.1, 0.15) is 0 Å². The first kappa shape index (κ1) is 20.9. The van der Waals surface area contributed by atoms with Gasteiger partial charge in [0.05, 0.1) is 17.0 Å². The molecule has 1 heterocycles. The minimum atomic E-state index is -0.418. The van der Waals surface area contributed by atoms with Crippen molar-refractivity contribution in [1.29, 1.82) is 0 Å². The first-order chi connectivity index (χ1) is 14.2. The quantitative estimate of drug-likeness (QED) is 0.284. The van der Waals surface area contributed by atoms with Gasteiger partial charge in [-0.1, -0.05) is 41.9 Å². The number of amides is 1. The summed E-state index contributed by atoms with van der Waals surface area (Å²) >= 11 is 8.40. The Morgan fingerprint density at radius 3 is 2.47 bits per heavy atom. The smallest absolute Gasteiger partial charge is 0.258 e. The van der Waals surface area contributed by atoms with E-state index in [1.165, 1.54) is 0 Å². The number of halogens is 2. The number of hydrogen-bond donors (Lipinski definition) is 3. The van der Waals surface area contributed by atoms with Crippen LogP contribution in [0.1, 0.15) is 30.5 Å². The Bertz CT molecular complexity index is 1160. The minimum Gasteiger partial charge on any atom is -0.354 e. The van der Waals surface area contributed by atoms with E-state index in [0.717, 1.165) is 31.6 Å². The van der Waals surface area contributed by atoms with Crippen LogP contribution in [0.5, 0.6) is 0 Å². The van der Waals surface area contributed by atoms with E-state index >= 15 is 0 Å². The highest BCUT2D eigenvalue weighted by molar-refractivity contribution is 14.1. The third-order valence-corrected chi connectivity index (χ3v) is 5.89. The van der Waals surface area contributed by atoms with E-state index in [0.29, 0.717) is 16.3 Å². The molecule has 152 valence electrons. The van der Waals surface area contributed by atoms with Crippen molar-refractivity contribution in [2.45, 2.75) is 19.4 Å². The van der Waals surface area contributed by atoms with Crippen LogP contribution in [0.4, 0.5) is 11.4 Å². The molecule has 0 spiro atoms. The lowest BCUT2D eigenvalue weighted by atomic mass is 9.95. The maximum atomic E-state index is 12.9. The molecule has 4 rings (SSSR count). The number of fused-ring (bicyclic) bond motifs is 1. The monoisotopic (exact) mass is 529 g/mol. The van der Waals surface area contributed by atoms with Gasteiger partial charge in [0.15, 0.2) is 0 Å². The molecule has 0 unspecified atom stereocenters. The van der Waals surface area contributed by atoms with Gasteiger partial charge in [-0.25, -0.2) is 0 Å². The molecule has 6 heteroatoms. The normalized spacial score (nSPS) is 14.9. The van der Waals surface area contributed by atoms with Crippen molar-refractivity contribution >= 4 is 62.7 Å². The molecule has 3 aromatic carbocycles. The first-order valence-corrected chi connectivity index (χ1v) is 11.0. The Kier molecular flexibility index (Phi) is 5.61. The van der Waals surface area contributed by atoms with Crippen LogP contribution < -0.4 is 16.4 Å². The van der Waals surface area contributed by atoms with Crippen LogP contribution in [0.3, 0.4) is 0 Å². The Balaban J connectivity index is 1.85. The molecule has 0 aromatic heterocycles. The summed E-state index contributed by atoms with van der Waals surface area (Å²) in [4.78, 5) is 12.9. The van der Waals surface area contributed by atoms with E-state index in [9.17, 15) is 4.79 Å². The predicted molar refractivity (Wildman–Crippen MR) is 133 cm³/mol. The van der Waals surface area contributed by atoms with Gasteiger partial charge in [0.2, 0.25) is 0 Å². The van der Waals surface area contributed by atoms with Crippen molar-refractivity contribution in [3.63, 3.8) is 0 Å². The van der Waals surface area contributed by atoms with Gasteiger partial charge in [0.25, 0.3) is 5.91 Å². The molecule has 0 saturated heterocycles. The number of nitrogens with two attached hydrogens (primary N) is 1. The molecule has 0 fully saturated rings. The second kappa shape index (κ2) is 8.06. The second-order valence-corrected chi connectivity index (χ2v) is 9.51. The molecule has 0 bridgehead atoms. The maximum Gasteiger partial charge on any atom is 0.258 e. The molecule has 1 aliphatic heterocycles. The summed E-state index contributed by atoms with van der Waals surface area (Å²) in [5, 5.41) is 6.98. The summed E-state index contributed by atoms with van der Waals surface area (Å²) in [7, 11) is 0. The van der Waals surface area contributed by atoms with Crippen LogP contribution in [0.2, 0.25) is 5.02 Å². The van der Waals surface area contributed by atoms with Crippen molar-refractivity contribution in [2.75, 3.05) is 10.6 Å². The van der Waals surface area contributed by atoms with Crippen LogP contribution in [0.25, 0.3) is 11.3 Å². The molecule has 1 aliphatic rings. The van der Waals surface area contributed by atoms with E-state index in [2.05, 4.69) is 39.3 Å². The lowest BCUT2D eigenvalue weighted by molar-refractivity contribution is -0.110. The highest BCUT2D eigenvalue weighted by Gasteiger charge is 2.28. The lowest BCUT2D eigenvalue weighted by Crippen LogP contribution is -2.28. The molecule has 4 nitrogen and oxygen atoms in total. The summed E-state index contributed by atoms with van der Waals surface area (Å²) in [6.07, 6.45) is 0. The zero-order valence-corrected chi connectivity index (χ0v) is 19.5. The zero-order chi connectivity index (χ0) is 21.5. The molecule has 30 heavy (non-hydrogen) atoms. The summed E-state index contributed by atoms with van der Waals surface area (Å²) in [6.45, 7) is 3.94. The fourth-order valence-electron chi connectivity index (χ4n) is 3.44. The Hall–Kier alpha value is -2.35. The van der Waals surface area contributed by atoms with E-state index in [-0.39, 0.29) is 5.91 Å². The Morgan fingerprint density at radius 1 is 1.07 bits per heavy atom. The molecule has 0 atom stereocenters. The van der Waals surface area contributed by atoms with Gasteiger partial charge in [0, 0.05) is 25.4 Å². The third kappa shape index (κ3) is 4.24. The molecule has 0 saturated carbocycles. The van der Waals surface area contributed by atoms with E-state index < -0.39 is 5.54 Å². The van der Waals surface area contributed by atoms with E-state index in [4.69, 9.17) is 17.3 Å². The van der Waals surface area contributed by atoms with Gasteiger partial charge in [-0.2, -0.15) is 0 Å². The average Bonchev–Trinajstić information content (AvgIpc) is 3.00. The fourth-order valence-corrected chi connectivity index (χ4v) is 4.16. The zero-order valence-electron chi connectivity index (χ0n) is 16.6. The van der Waals surface area contributed by atoms with Crippen LogP contribution in [0.15, 0.2) is 66.7 Å². The highest BCUT2D eigenvalue weighted by Crippen LogP contribution is 2.39. The van der Waals surface area contributed by atoms with Gasteiger partial charge < -0.3 is 16.4 Å². The van der Waals surface area contributed by atoms with Crippen molar-refractivity contribution in [3.05, 3.63) is 92.0 Å². The SMILES string of the molecule is CC(C)(N)c1ccc(N/C(=C2\C(=O)Nc3cc(Cl)ccc32)c2cccc(I)c2)cc1. The number of rotatable bonds is 4. The van der Waals surface area contributed by atoms with Gasteiger partial charge in [-0.3, -0.25) is 4.79 Å². The number of hydrogen-bond acceptors (Lipinski definition) is 3. The fraction of sp³-hybridized carbons (Fsp3) is 0.125. The molecule has 4 N–H and O–H groups in total. The molecular weight excluding hydrogens is 509 g/mol. The topological polar surface area (TPSA) is 67.1 Å². The number of nitrogens with one attached hydrogen (secondary N) is 2. The first-order valence-electron chi connectivity index (χ1n) is 9.50. The predicted octanol–water partition coefficient (Wildman–Crippen LogP) is 6.07. The molecule has 1 amide bonds. The summed E-state index contributed by atoms with van der Waals surface area (Å²) in [5.41, 5.74) is 11.5. The largest absolute Gasteiger partial charge is 0.354 e. The van der Waals surface area contributed by atoms with Crippen molar-refractivity contribution in [1.82, 2.24) is 0 Å². The Morgan fingerprint density at radius 2 is 1.80 bits per heavy atom. The molecule has 3 aromatic rings. The number of benzene rings is 3. The lowest BCUT2D eigenvalue weighted by Gasteiger charge is -2.20.